The highest BCUT2D eigenvalue weighted by molar-refractivity contribution is 7.80. The zero-order chi connectivity index (χ0) is 28.6. The summed E-state index contributed by atoms with van der Waals surface area (Å²) in [6, 6.07) is 53.0. The average molecular weight is 578 g/mol. The van der Waals surface area contributed by atoms with Crippen LogP contribution in [0.4, 0.5) is 0 Å². The number of imidazole rings is 1. The Balaban J connectivity index is 1.47. The summed E-state index contributed by atoms with van der Waals surface area (Å²) in [6.45, 7) is 0. The second-order valence-corrected chi connectivity index (χ2v) is 15.0. The maximum Gasteiger partial charge on any atom is 0.215 e. The van der Waals surface area contributed by atoms with Gasteiger partial charge in [0.2, 0.25) is 7.28 Å². The van der Waals surface area contributed by atoms with Gasteiger partial charge in [-0.3, -0.25) is 4.98 Å². The first-order chi connectivity index (χ1) is 20.8. The van der Waals surface area contributed by atoms with E-state index in [9.17, 15) is 0 Å². The van der Waals surface area contributed by atoms with Crippen LogP contribution in [-0.2, 0) is 12.6 Å². The molecule has 0 unspecified atom stereocenters. The standard InChI is InChI=1S/C37H34BN2SSi/c41-28-25-30-21-23-35(24-22-30)42(33-17-9-3-10-18-33,34-19-11-4-12-20-34)29-40-27-26-39-37(40)38-36(31-13-5-1-6-14-31)32-15-7-2-8-16-32/h1-24,26-27,36,41H,25,28-29H2. The van der Waals surface area contributed by atoms with Crippen LogP contribution in [0.1, 0.15) is 22.5 Å². The SMILES string of the molecule is SCCc1ccc([Si](Cn2ccnc2[B]C(c2ccccc2)c2ccccc2)(c2ccccc2)c2ccccc2)cc1. The van der Waals surface area contributed by atoms with Gasteiger partial charge in [0, 0.05) is 18.6 Å². The summed E-state index contributed by atoms with van der Waals surface area (Å²) in [4.78, 5) is 4.93. The third-order valence-electron chi connectivity index (χ3n) is 8.17. The van der Waals surface area contributed by atoms with Crippen molar-refractivity contribution < 1.29 is 0 Å². The molecule has 205 valence electrons. The molecule has 2 nitrogen and oxygen atoms in total. The molecule has 0 atom stereocenters. The Kier molecular flexibility index (Phi) is 8.88. The largest absolute Gasteiger partial charge is 0.345 e. The molecule has 6 aromatic rings. The third-order valence-corrected chi connectivity index (χ3v) is 13.2. The summed E-state index contributed by atoms with van der Waals surface area (Å²) in [5.74, 6) is 0.941. The lowest BCUT2D eigenvalue weighted by Gasteiger charge is -2.35. The summed E-state index contributed by atoms with van der Waals surface area (Å²) < 4.78 is 2.38. The van der Waals surface area contributed by atoms with Crippen molar-refractivity contribution in [3.63, 3.8) is 0 Å². The summed E-state index contributed by atoms with van der Waals surface area (Å²) in [6.07, 6.45) is 5.91. The molecule has 0 aliphatic rings. The van der Waals surface area contributed by atoms with Crippen LogP contribution in [0, 0.1) is 0 Å². The van der Waals surface area contributed by atoms with Gasteiger partial charge in [-0.2, -0.15) is 12.6 Å². The Morgan fingerprint density at radius 3 is 1.60 bits per heavy atom. The summed E-state index contributed by atoms with van der Waals surface area (Å²) in [5, 5.41) is 4.17. The molecule has 42 heavy (non-hydrogen) atoms. The van der Waals surface area contributed by atoms with Crippen molar-refractivity contribution in [3.05, 3.63) is 175 Å². The number of benzene rings is 5. The Hall–Kier alpha value is -4.06. The molecule has 5 aromatic carbocycles. The van der Waals surface area contributed by atoms with Gasteiger partial charge in [0.05, 0.1) is 5.72 Å². The van der Waals surface area contributed by atoms with Gasteiger partial charge in [0.1, 0.15) is 0 Å². The third kappa shape index (κ3) is 5.94. The Morgan fingerprint density at radius 1 is 0.619 bits per heavy atom. The van der Waals surface area contributed by atoms with Gasteiger partial charge in [-0.1, -0.05) is 146 Å². The highest BCUT2D eigenvalue weighted by Crippen LogP contribution is 2.23. The van der Waals surface area contributed by atoms with E-state index >= 15 is 0 Å². The normalized spacial score (nSPS) is 11.5. The minimum Gasteiger partial charge on any atom is -0.345 e. The highest BCUT2D eigenvalue weighted by atomic mass is 32.1. The Morgan fingerprint density at radius 2 is 1.10 bits per heavy atom. The number of hydrogen-bond acceptors (Lipinski definition) is 2. The van der Waals surface area contributed by atoms with Crippen LogP contribution >= 0.6 is 12.6 Å². The van der Waals surface area contributed by atoms with E-state index in [0.29, 0.717) is 0 Å². The number of aryl methyl sites for hydroxylation is 1. The van der Waals surface area contributed by atoms with Gasteiger partial charge in [0.15, 0.2) is 8.07 Å². The van der Waals surface area contributed by atoms with Crippen molar-refractivity contribution in [3.8, 4) is 0 Å². The van der Waals surface area contributed by atoms with E-state index < -0.39 is 8.07 Å². The van der Waals surface area contributed by atoms with Crippen molar-refractivity contribution >= 4 is 49.3 Å². The molecule has 6 rings (SSSR count). The van der Waals surface area contributed by atoms with E-state index in [2.05, 4.69) is 176 Å². The number of nitrogens with zero attached hydrogens (tertiary/aromatic N) is 2. The Labute approximate surface area is 256 Å². The van der Waals surface area contributed by atoms with Gasteiger partial charge in [-0.05, 0) is 50.2 Å². The molecular weight excluding hydrogens is 543 g/mol. The van der Waals surface area contributed by atoms with E-state index in [4.69, 9.17) is 4.98 Å². The van der Waals surface area contributed by atoms with Crippen molar-refractivity contribution in [1.82, 2.24) is 9.55 Å². The molecule has 0 saturated heterocycles. The number of thiol groups is 1. The van der Waals surface area contributed by atoms with Crippen LogP contribution in [0.2, 0.25) is 0 Å². The number of rotatable bonds is 11. The monoisotopic (exact) mass is 577 g/mol. The molecule has 0 aliphatic heterocycles. The molecule has 0 saturated carbocycles. The predicted molar refractivity (Wildman–Crippen MR) is 184 cm³/mol. The lowest BCUT2D eigenvalue weighted by molar-refractivity contribution is 0.889. The fourth-order valence-electron chi connectivity index (χ4n) is 6.03. The molecule has 0 amide bonds. The van der Waals surface area contributed by atoms with E-state index in [-0.39, 0.29) is 5.82 Å². The van der Waals surface area contributed by atoms with Gasteiger partial charge in [0.25, 0.3) is 0 Å². The smallest absolute Gasteiger partial charge is 0.215 e. The second-order valence-electron chi connectivity index (χ2n) is 10.7. The van der Waals surface area contributed by atoms with Gasteiger partial charge >= 0.3 is 0 Å². The van der Waals surface area contributed by atoms with E-state index in [1.54, 1.807) is 0 Å². The second kappa shape index (κ2) is 13.3. The minimum atomic E-state index is -2.53. The molecule has 0 spiro atoms. The zero-order valence-electron chi connectivity index (χ0n) is 23.6. The van der Waals surface area contributed by atoms with Crippen LogP contribution in [0.25, 0.3) is 0 Å². The van der Waals surface area contributed by atoms with Gasteiger partial charge in [-0.15, -0.1) is 0 Å². The fourth-order valence-corrected chi connectivity index (χ4v) is 10.9. The molecule has 0 bridgehead atoms. The predicted octanol–water partition coefficient (Wildman–Crippen LogP) is 5.18. The lowest BCUT2D eigenvalue weighted by atomic mass is 9.58. The quantitative estimate of drug-likeness (QED) is 0.128. The molecule has 1 aromatic heterocycles. The van der Waals surface area contributed by atoms with Crippen molar-refractivity contribution in [1.29, 1.82) is 0 Å². The van der Waals surface area contributed by atoms with Crippen LogP contribution in [0.5, 0.6) is 0 Å². The number of hydrogen-bond donors (Lipinski definition) is 1. The van der Waals surface area contributed by atoms with Crippen LogP contribution in [-0.4, -0.2) is 30.7 Å². The molecule has 0 N–H and O–H groups in total. The molecular formula is C37H34BN2SSi. The van der Waals surface area contributed by atoms with Crippen LogP contribution < -0.4 is 21.3 Å². The summed E-state index contributed by atoms with van der Waals surface area (Å²) in [5.41, 5.74) is 4.83. The topological polar surface area (TPSA) is 17.8 Å². The first-order valence-corrected chi connectivity index (χ1v) is 17.4. The van der Waals surface area contributed by atoms with E-state index in [1.807, 2.05) is 6.20 Å². The lowest BCUT2D eigenvalue weighted by Crippen LogP contribution is -2.70. The first kappa shape index (κ1) is 28.1. The molecule has 0 fully saturated rings. The fraction of sp³-hybridized carbons (Fsp3) is 0.108. The molecule has 5 heteroatoms. The summed E-state index contributed by atoms with van der Waals surface area (Å²) >= 11 is 4.47. The van der Waals surface area contributed by atoms with Crippen LogP contribution in [0.15, 0.2) is 158 Å². The maximum absolute atomic E-state index is 4.93. The molecule has 1 heterocycles. The number of aromatic nitrogens is 2. The molecule has 0 aliphatic carbocycles. The first-order valence-electron chi connectivity index (χ1n) is 14.5. The molecule has 1 radical (unpaired) electrons. The average Bonchev–Trinajstić information content (AvgIpc) is 3.51. The minimum absolute atomic E-state index is 0.0959. The zero-order valence-corrected chi connectivity index (χ0v) is 25.5. The van der Waals surface area contributed by atoms with Crippen molar-refractivity contribution in [2.75, 3.05) is 5.75 Å². The van der Waals surface area contributed by atoms with Gasteiger partial charge in [-0.25, -0.2) is 0 Å². The highest BCUT2D eigenvalue weighted by Gasteiger charge is 2.40. The van der Waals surface area contributed by atoms with E-state index in [0.717, 1.165) is 24.1 Å². The van der Waals surface area contributed by atoms with Gasteiger partial charge < -0.3 is 4.57 Å². The van der Waals surface area contributed by atoms with Crippen LogP contribution in [0.3, 0.4) is 0 Å². The van der Waals surface area contributed by atoms with E-state index in [1.165, 1.54) is 32.3 Å². The maximum atomic E-state index is 4.93. The Bertz CT molecular complexity index is 1600. The van der Waals surface area contributed by atoms with Crippen molar-refractivity contribution in [2.45, 2.75) is 18.4 Å². The van der Waals surface area contributed by atoms with Crippen molar-refractivity contribution in [2.24, 2.45) is 0 Å². The summed E-state index contributed by atoms with van der Waals surface area (Å²) in [7, 11) is -0.202.